The fourth-order valence-electron chi connectivity index (χ4n) is 4.33. The number of halogens is 2. The number of nitrogens with zero attached hydrogens (tertiary/aromatic N) is 3. The van der Waals surface area contributed by atoms with Crippen molar-refractivity contribution in [2.45, 2.75) is 43.7 Å². The van der Waals surface area contributed by atoms with Gasteiger partial charge in [-0.2, -0.15) is 0 Å². The van der Waals surface area contributed by atoms with Gasteiger partial charge < -0.3 is 20.4 Å². The van der Waals surface area contributed by atoms with E-state index >= 15 is 0 Å². The minimum Gasteiger partial charge on any atom is -0.453 e. The Morgan fingerprint density at radius 3 is 3.09 bits per heavy atom. The summed E-state index contributed by atoms with van der Waals surface area (Å²) in [6.07, 6.45) is 9.31. The smallest absolute Gasteiger partial charge is 0.407 e. The van der Waals surface area contributed by atoms with Gasteiger partial charge in [-0.05, 0) is 38.2 Å². The van der Waals surface area contributed by atoms with E-state index in [0.717, 1.165) is 30.8 Å². The van der Waals surface area contributed by atoms with Crippen LogP contribution in [0.5, 0.6) is 0 Å². The van der Waals surface area contributed by atoms with E-state index in [-0.39, 0.29) is 11.9 Å². The van der Waals surface area contributed by atoms with E-state index in [1.807, 2.05) is 0 Å². The summed E-state index contributed by atoms with van der Waals surface area (Å²) in [6, 6.07) is 1.66. The molecule has 8 nitrogen and oxygen atoms in total. The van der Waals surface area contributed by atoms with Crippen LogP contribution in [0, 0.1) is 5.82 Å². The van der Waals surface area contributed by atoms with Crippen LogP contribution in [0.3, 0.4) is 0 Å². The molecule has 3 N–H and O–H groups in total. The number of ether oxygens (including phenoxy) is 1. The molecule has 168 valence electrons. The maximum atomic E-state index is 14.6. The molecule has 0 spiro atoms. The first kappa shape index (κ1) is 22.0. The number of carbonyl (C=O) groups excluding carboxylic acids is 1. The topological polar surface area (TPSA) is 105 Å². The van der Waals surface area contributed by atoms with E-state index in [0.29, 0.717) is 34.9 Å². The van der Waals surface area contributed by atoms with E-state index in [1.54, 1.807) is 24.5 Å². The van der Waals surface area contributed by atoms with Crippen molar-refractivity contribution in [2.24, 2.45) is 0 Å². The second-order valence-electron chi connectivity index (χ2n) is 7.97. The van der Waals surface area contributed by atoms with E-state index in [4.69, 9.17) is 16.3 Å². The zero-order valence-corrected chi connectivity index (χ0v) is 18.4. The Kier molecular flexibility index (Phi) is 6.27. The van der Waals surface area contributed by atoms with Gasteiger partial charge in [-0.15, -0.1) is 6.58 Å². The first-order valence-electron chi connectivity index (χ1n) is 10.3. The summed E-state index contributed by atoms with van der Waals surface area (Å²) in [5.74, 6) is -0.0903. The second-order valence-corrected chi connectivity index (χ2v) is 8.41. The molecule has 1 fully saturated rings. The van der Waals surface area contributed by atoms with Gasteiger partial charge in [0.1, 0.15) is 5.65 Å². The Morgan fingerprint density at radius 1 is 1.47 bits per heavy atom. The molecule has 10 heteroatoms. The molecule has 1 aliphatic carbocycles. The number of methoxy groups -OCH3 is 1. The van der Waals surface area contributed by atoms with Crippen molar-refractivity contribution in [1.29, 1.82) is 0 Å². The summed E-state index contributed by atoms with van der Waals surface area (Å²) in [7, 11) is 1.33. The fourth-order valence-corrected chi connectivity index (χ4v) is 4.49. The SMILES string of the molecule is C=CCC1(NC(=O)OC)CCC[C@H](Nc2nc(-c3c[nH]c4ncc(Cl)cc34)ncc2F)C1. The molecule has 1 saturated carbocycles. The second kappa shape index (κ2) is 9.12. The molecule has 3 aromatic rings. The van der Waals surface area contributed by atoms with Crippen LogP contribution in [0.1, 0.15) is 32.1 Å². The van der Waals surface area contributed by atoms with Gasteiger partial charge >= 0.3 is 6.09 Å². The van der Waals surface area contributed by atoms with Crippen molar-refractivity contribution in [3.05, 3.63) is 48.2 Å². The first-order chi connectivity index (χ1) is 15.4. The zero-order valence-electron chi connectivity index (χ0n) is 17.6. The van der Waals surface area contributed by atoms with Crippen molar-refractivity contribution in [3.8, 4) is 11.4 Å². The number of anilines is 1. The maximum absolute atomic E-state index is 14.6. The summed E-state index contributed by atoms with van der Waals surface area (Å²) in [5, 5.41) is 7.39. The summed E-state index contributed by atoms with van der Waals surface area (Å²) in [6.45, 7) is 3.82. The predicted molar refractivity (Wildman–Crippen MR) is 121 cm³/mol. The predicted octanol–water partition coefficient (Wildman–Crippen LogP) is 4.84. The lowest BCUT2D eigenvalue weighted by molar-refractivity contribution is 0.141. The third kappa shape index (κ3) is 4.52. The third-order valence-corrected chi connectivity index (χ3v) is 5.96. The number of nitrogens with one attached hydrogen (secondary N) is 3. The van der Waals surface area contributed by atoms with Crippen LogP contribution < -0.4 is 10.6 Å². The molecule has 0 radical (unpaired) electrons. The van der Waals surface area contributed by atoms with Crippen molar-refractivity contribution < 1.29 is 13.9 Å². The minimum absolute atomic E-state index is 0.0998. The summed E-state index contributed by atoms with van der Waals surface area (Å²) in [5.41, 5.74) is 0.813. The standard InChI is InChI=1S/C22H24ClFN6O2/c1-3-6-22(30-21(31)32-2)7-4-5-14(9-22)28-20-17(24)12-27-19(29-20)16-11-26-18-15(16)8-13(23)10-25-18/h3,8,10-12,14H,1,4-7,9H2,2H3,(H,25,26)(H,30,31)(H,27,28,29)/t14-,22?/m0/s1. The Bertz CT molecular complexity index is 1150. The monoisotopic (exact) mass is 458 g/mol. The van der Waals surface area contributed by atoms with Crippen LogP contribution in [-0.2, 0) is 4.74 Å². The van der Waals surface area contributed by atoms with Crippen LogP contribution >= 0.6 is 11.6 Å². The number of rotatable bonds is 6. The van der Waals surface area contributed by atoms with Gasteiger partial charge in [0.25, 0.3) is 0 Å². The van der Waals surface area contributed by atoms with Gasteiger partial charge in [0.2, 0.25) is 0 Å². The highest BCUT2D eigenvalue weighted by Gasteiger charge is 2.37. The third-order valence-electron chi connectivity index (χ3n) is 5.76. The quantitative estimate of drug-likeness (QED) is 0.456. The highest BCUT2D eigenvalue weighted by atomic mass is 35.5. The highest BCUT2D eigenvalue weighted by molar-refractivity contribution is 6.31. The Labute approximate surface area is 189 Å². The Hall–Kier alpha value is -3.20. The van der Waals surface area contributed by atoms with E-state index in [9.17, 15) is 9.18 Å². The van der Waals surface area contributed by atoms with E-state index < -0.39 is 17.4 Å². The molecule has 1 aliphatic rings. The Morgan fingerprint density at radius 2 is 2.31 bits per heavy atom. The van der Waals surface area contributed by atoms with Gasteiger partial charge in [-0.3, -0.25) is 0 Å². The Balaban J connectivity index is 1.59. The highest BCUT2D eigenvalue weighted by Crippen LogP contribution is 2.34. The number of hydrogen-bond donors (Lipinski definition) is 3. The number of amides is 1. The molecule has 0 aromatic carbocycles. The van der Waals surface area contributed by atoms with Gasteiger partial charge in [-0.25, -0.2) is 24.1 Å². The number of carbonyl (C=O) groups is 1. The maximum Gasteiger partial charge on any atom is 0.407 e. The molecular weight excluding hydrogens is 435 g/mol. The molecule has 2 atom stereocenters. The molecule has 0 saturated heterocycles. The number of H-pyrrole nitrogens is 1. The normalized spacial score (nSPS) is 20.7. The van der Waals surface area contributed by atoms with Crippen LogP contribution in [0.4, 0.5) is 15.0 Å². The van der Waals surface area contributed by atoms with Gasteiger partial charge in [0.15, 0.2) is 17.5 Å². The van der Waals surface area contributed by atoms with Crippen molar-refractivity contribution >= 4 is 34.5 Å². The van der Waals surface area contributed by atoms with Crippen LogP contribution in [-0.4, -0.2) is 44.7 Å². The number of alkyl carbamates (subject to hydrolysis) is 1. The van der Waals surface area contributed by atoms with Crippen LogP contribution in [0.25, 0.3) is 22.4 Å². The van der Waals surface area contributed by atoms with Crippen molar-refractivity contribution in [2.75, 3.05) is 12.4 Å². The summed E-state index contributed by atoms with van der Waals surface area (Å²) in [4.78, 5) is 27.8. The zero-order chi connectivity index (χ0) is 22.7. The van der Waals surface area contributed by atoms with Crippen LogP contribution in [0.15, 0.2) is 37.3 Å². The lowest BCUT2D eigenvalue weighted by Crippen LogP contribution is -2.53. The average Bonchev–Trinajstić information content (AvgIpc) is 3.18. The molecule has 0 aliphatic heterocycles. The average molecular weight is 459 g/mol. The lowest BCUT2D eigenvalue weighted by Gasteiger charge is -2.41. The molecule has 1 amide bonds. The fraction of sp³-hybridized carbons (Fsp3) is 0.364. The first-order valence-corrected chi connectivity index (χ1v) is 10.7. The van der Waals surface area contributed by atoms with Gasteiger partial charge in [0.05, 0.1) is 18.3 Å². The minimum atomic E-state index is -0.550. The van der Waals surface area contributed by atoms with Crippen LogP contribution in [0.2, 0.25) is 5.02 Å². The molecule has 1 unspecified atom stereocenters. The molecular formula is C22H24ClFN6O2. The van der Waals surface area contributed by atoms with E-state index in [2.05, 4.69) is 37.1 Å². The number of pyridine rings is 1. The molecule has 3 heterocycles. The van der Waals surface area contributed by atoms with Gasteiger partial charge in [0, 0.05) is 34.9 Å². The molecule has 3 aromatic heterocycles. The number of hydrogen-bond acceptors (Lipinski definition) is 6. The van der Waals surface area contributed by atoms with Crippen molar-refractivity contribution in [1.82, 2.24) is 25.3 Å². The number of fused-ring (bicyclic) bond motifs is 1. The number of aromatic nitrogens is 4. The summed E-state index contributed by atoms with van der Waals surface area (Å²) < 4.78 is 19.4. The summed E-state index contributed by atoms with van der Waals surface area (Å²) >= 11 is 6.08. The lowest BCUT2D eigenvalue weighted by atomic mass is 9.77. The van der Waals surface area contributed by atoms with Gasteiger partial charge in [-0.1, -0.05) is 17.7 Å². The van der Waals surface area contributed by atoms with Crippen molar-refractivity contribution in [3.63, 3.8) is 0 Å². The van der Waals surface area contributed by atoms with E-state index in [1.165, 1.54) is 7.11 Å². The molecule has 32 heavy (non-hydrogen) atoms. The number of aromatic amines is 1. The molecule has 4 rings (SSSR count). The molecule has 0 bridgehead atoms. The largest absolute Gasteiger partial charge is 0.453 e.